The van der Waals surface area contributed by atoms with E-state index in [0.29, 0.717) is 11.8 Å². The van der Waals surface area contributed by atoms with Gasteiger partial charge in [0.25, 0.3) is 0 Å². The van der Waals surface area contributed by atoms with Crippen molar-refractivity contribution >= 4 is 5.96 Å². The largest absolute Gasteiger partial charge is 0.357 e. The Bertz CT molecular complexity index is 604. The Labute approximate surface area is 151 Å². The average Bonchev–Trinajstić information content (AvgIpc) is 3.13. The molecule has 1 aromatic heterocycles. The monoisotopic (exact) mass is 341 g/mol. The predicted octanol–water partition coefficient (Wildman–Crippen LogP) is 3.27. The van der Waals surface area contributed by atoms with E-state index < -0.39 is 0 Å². The lowest BCUT2D eigenvalue weighted by Gasteiger charge is -2.20. The summed E-state index contributed by atoms with van der Waals surface area (Å²) in [5.74, 6) is 1.87. The summed E-state index contributed by atoms with van der Waals surface area (Å²) < 4.78 is 1.95. The Morgan fingerprint density at radius 2 is 1.96 bits per heavy atom. The molecule has 1 atom stereocenters. The Morgan fingerprint density at radius 3 is 2.60 bits per heavy atom. The fourth-order valence-electron chi connectivity index (χ4n) is 2.81. The van der Waals surface area contributed by atoms with Crippen LogP contribution in [0.1, 0.15) is 38.7 Å². The smallest absolute Gasteiger partial charge is 0.191 e. The number of aliphatic imine (C=N–C) groups is 1. The summed E-state index contributed by atoms with van der Waals surface area (Å²) in [5, 5.41) is 11.0. The number of nitrogens with zero attached hydrogens (tertiary/aromatic N) is 3. The average molecular weight is 342 g/mol. The van der Waals surface area contributed by atoms with Gasteiger partial charge in [-0.3, -0.25) is 9.67 Å². The van der Waals surface area contributed by atoms with Gasteiger partial charge >= 0.3 is 0 Å². The third kappa shape index (κ3) is 6.61. The number of guanidine groups is 1. The van der Waals surface area contributed by atoms with Gasteiger partial charge in [-0.05, 0) is 30.9 Å². The zero-order valence-corrected chi connectivity index (χ0v) is 15.7. The summed E-state index contributed by atoms with van der Waals surface area (Å²) >= 11 is 0. The highest BCUT2D eigenvalue weighted by atomic mass is 15.3. The summed E-state index contributed by atoms with van der Waals surface area (Å²) in [5.41, 5.74) is 1.36. The molecule has 0 bridgehead atoms. The summed E-state index contributed by atoms with van der Waals surface area (Å²) in [6, 6.07) is 12.6. The van der Waals surface area contributed by atoms with Crippen molar-refractivity contribution in [2.45, 2.75) is 39.7 Å². The first-order valence-electron chi connectivity index (χ1n) is 9.25. The minimum absolute atomic E-state index is 0.431. The third-order valence-corrected chi connectivity index (χ3v) is 4.24. The van der Waals surface area contributed by atoms with E-state index in [-0.39, 0.29) is 0 Å². The van der Waals surface area contributed by atoms with Crippen LogP contribution >= 0.6 is 0 Å². The van der Waals surface area contributed by atoms with Crippen molar-refractivity contribution in [3.8, 4) is 0 Å². The molecule has 2 rings (SSSR count). The molecule has 0 aliphatic heterocycles. The van der Waals surface area contributed by atoms with Crippen LogP contribution in [0.25, 0.3) is 0 Å². The van der Waals surface area contributed by atoms with Crippen LogP contribution in [0, 0.1) is 5.92 Å². The summed E-state index contributed by atoms with van der Waals surface area (Å²) in [4.78, 5) is 4.82. The van der Waals surface area contributed by atoms with Gasteiger partial charge in [0.05, 0.1) is 0 Å². The Morgan fingerprint density at radius 1 is 1.16 bits per heavy atom. The van der Waals surface area contributed by atoms with Crippen molar-refractivity contribution < 1.29 is 0 Å². The molecule has 1 unspecified atom stereocenters. The van der Waals surface area contributed by atoms with Gasteiger partial charge in [-0.2, -0.15) is 5.10 Å². The van der Waals surface area contributed by atoms with Crippen LogP contribution in [-0.2, 0) is 6.54 Å². The molecule has 2 aromatic rings. The Kier molecular flexibility index (Phi) is 8.02. The molecule has 5 heteroatoms. The van der Waals surface area contributed by atoms with Crippen LogP contribution in [0.15, 0.2) is 53.8 Å². The third-order valence-electron chi connectivity index (χ3n) is 4.24. The standard InChI is InChI=1S/C20H31N5/c1-4-21-20(22-12-8-14-25-15-9-13-24-25)23-16-19(17(2)3)18-10-6-5-7-11-18/h5-7,9-11,13,15,17,19H,4,8,12,14,16H2,1-3H3,(H2,21,22,23). The van der Waals surface area contributed by atoms with Crippen LogP contribution in [0.4, 0.5) is 0 Å². The zero-order chi connectivity index (χ0) is 17.9. The second kappa shape index (κ2) is 10.5. The van der Waals surface area contributed by atoms with Crippen molar-refractivity contribution in [2.75, 3.05) is 19.6 Å². The fourth-order valence-corrected chi connectivity index (χ4v) is 2.81. The molecule has 0 fully saturated rings. The van der Waals surface area contributed by atoms with Gasteiger partial charge in [-0.15, -0.1) is 0 Å². The second-order valence-corrected chi connectivity index (χ2v) is 6.53. The molecule has 1 aromatic carbocycles. The molecule has 1 heterocycles. The van der Waals surface area contributed by atoms with Crippen molar-refractivity contribution in [3.63, 3.8) is 0 Å². The minimum atomic E-state index is 0.431. The van der Waals surface area contributed by atoms with E-state index >= 15 is 0 Å². The van der Waals surface area contributed by atoms with E-state index in [9.17, 15) is 0 Å². The van der Waals surface area contributed by atoms with Crippen molar-refractivity contribution in [1.82, 2.24) is 20.4 Å². The molecule has 0 spiro atoms. The number of benzene rings is 1. The van der Waals surface area contributed by atoms with Crippen LogP contribution < -0.4 is 10.6 Å². The van der Waals surface area contributed by atoms with E-state index in [1.807, 2.05) is 23.1 Å². The minimum Gasteiger partial charge on any atom is -0.357 e. The van der Waals surface area contributed by atoms with Gasteiger partial charge < -0.3 is 10.6 Å². The van der Waals surface area contributed by atoms with Crippen LogP contribution in [0.2, 0.25) is 0 Å². The lowest BCUT2D eigenvalue weighted by molar-refractivity contribution is 0.505. The predicted molar refractivity (Wildman–Crippen MR) is 105 cm³/mol. The SMILES string of the molecule is CCNC(=NCC(c1ccccc1)C(C)C)NCCCn1cccn1. The van der Waals surface area contributed by atoms with E-state index in [2.05, 4.69) is 66.8 Å². The maximum absolute atomic E-state index is 4.82. The topological polar surface area (TPSA) is 54.2 Å². The highest BCUT2D eigenvalue weighted by Gasteiger charge is 2.15. The fraction of sp³-hybridized carbons (Fsp3) is 0.500. The highest BCUT2D eigenvalue weighted by Crippen LogP contribution is 2.24. The second-order valence-electron chi connectivity index (χ2n) is 6.53. The van der Waals surface area contributed by atoms with Gasteiger partial charge in [0, 0.05) is 44.5 Å². The first-order valence-corrected chi connectivity index (χ1v) is 9.25. The molecule has 0 radical (unpaired) electrons. The number of hydrogen-bond donors (Lipinski definition) is 2. The molecule has 5 nitrogen and oxygen atoms in total. The number of aryl methyl sites for hydroxylation is 1. The lowest BCUT2D eigenvalue weighted by Crippen LogP contribution is -2.38. The quantitative estimate of drug-likeness (QED) is 0.418. The maximum atomic E-state index is 4.82. The van der Waals surface area contributed by atoms with Crippen molar-refractivity contribution in [3.05, 3.63) is 54.4 Å². The summed E-state index contributed by atoms with van der Waals surface area (Å²) in [6.45, 7) is 10.1. The van der Waals surface area contributed by atoms with Gasteiger partial charge in [-0.25, -0.2) is 0 Å². The molecular formula is C20H31N5. The van der Waals surface area contributed by atoms with Crippen LogP contribution in [0.5, 0.6) is 0 Å². The van der Waals surface area contributed by atoms with E-state index in [0.717, 1.165) is 38.6 Å². The van der Waals surface area contributed by atoms with E-state index in [1.165, 1.54) is 5.56 Å². The molecule has 25 heavy (non-hydrogen) atoms. The molecule has 0 aliphatic carbocycles. The van der Waals surface area contributed by atoms with Crippen LogP contribution in [0.3, 0.4) is 0 Å². The Balaban J connectivity index is 1.88. The number of aromatic nitrogens is 2. The van der Waals surface area contributed by atoms with Gasteiger partial charge in [0.15, 0.2) is 5.96 Å². The number of nitrogens with one attached hydrogen (secondary N) is 2. The van der Waals surface area contributed by atoms with E-state index in [4.69, 9.17) is 4.99 Å². The van der Waals surface area contributed by atoms with Gasteiger partial charge in [-0.1, -0.05) is 44.2 Å². The maximum Gasteiger partial charge on any atom is 0.191 e. The van der Waals surface area contributed by atoms with Crippen LogP contribution in [-0.4, -0.2) is 35.4 Å². The van der Waals surface area contributed by atoms with Crippen molar-refractivity contribution in [1.29, 1.82) is 0 Å². The normalized spacial score (nSPS) is 13.0. The molecule has 136 valence electrons. The molecule has 0 aliphatic rings. The molecule has 0 saturated heterocycles. The lowest BCUT2D eigenvalue weighted by atomic mass is 9.88. The van der Waals surface area contributed by atoms with Gasteiger partial charge in [0.1, 0.15) is 0 Å². The molecular weight excluding hydrogens is 310 g/mol. The Hall–Kier alpha value is -2.30. The van der Waals surface area contributed by atoms with Gasteiger partial charge in [0.2, 0.25) is 0 Å². The highest BCUT2D eigenvalue weighted by molar-refractivity contribution is 5.79. The zero-order valence-electron chi connectivity index (χ0n) is 15.7. The molecule has 2 N–H and O–H groups in total. The summed E-state index contributed by atoms with van der Waals surface area (Å²) in [6.07, 6.45) is 4.82. The molecule has 0 saturated carbocycles. The van der Waals surface area contributed by atoms with Crippen molar-refractivity contribution in [2.24, 2.45) is 10.9 Å². The first kappa shape index (κ1) is 19.0. The van der Waals surface area contributed by atoms with E-state index in [1.54, 1.807) is 0 Å². The molecule has 0 amide bonds. The number of rotatable bonds is 9. The number of hydrogen-bond acceptors (Lipinski definition) is 2. The first-order chi connectivity index (χ1) is 12.2. The summed E-state index contributed by atoms with van der Waals surface area (Å²) in [7, 11) is 0.